The largest absolute Gasteiger partial charge is 0.350 e. The minimum Gasteiger partial charge on any atom is -0.350 e. The number of nitrogens with one attached hydrogen (secondary N) is 1. The van der Waals surface area contributed by atoms with Gasteiger partial charge in [0.1, 0.15) is 6.04 Å². The van der Waals surface area contributed by atoms with Crippen LogP contribution in [0, 0.1) is 0 Å². The summed E-state index contributed by atoms with van der Waals surface area (Å²) < 4.78 is 26.1. The average Bonchev–Trinajstić information content (AvgIpc) is 2.75. The predicted molar refractivity (Wildman–Crippen MR) is 152 cm³/mol. The summed E-state index contributed by atoms with van der Waals surface area (Å²) in [4.78, 5) is 27.7. The summed E-state index contributed by atoms with van der Waals surface area (Å²) in [5.74, 6) is -0.664. The number of halogens is 4. The molecule has 0 fully saturated rings. The molecule has 1 N–H and O–H groups in total. The summed E-state index contributed by atoms with van der Waals surface area (Å²) in [6.45, 7) is 7.24. The zero-order valence-electron chi connectivity index (χ0n) is 21.3. The summed E-state index contributed by atoms with van der Waals surface area (Å²) >= 11 is 24.6. The maximum absolute atomic E-state index is 13.4. The summed E-state index contributed by atoms with van der Waals surface area (Å²) in [6.07, 6.45) is 1.20. The summed E-state index contributed by atoms with van der Waals surface area (Å²) in [5, 5.41) is 4.25. The molecule has 0 spiro atoms. The summed E-state index contributed by atoms with van der Waals surface area (Å²) in [7, 11) is -3.71. The fourth-order valence-electron chi connectivity index (χ4n) is 3.55. The Balaban J connectivity index is 2.26. The molecule has 0 bridgehead atoms. The SMILES string of the molecule is C[C@H](C(=O)NC(C)(C)C)N(Cc1ccc(Cl)cc1Cl)C(=O)CCCN(c1cc(Cl)ccc1Cl)S(C)(=O)=O. The molecule has 0 radical (unpaired) electrons. The Morgan fingerprint density at radius 3 is 2.14 bits per heavy atom. The lowest BCUT2D eigenvalue weighted by Gasteiger charge is -2.32. The van der Waals surface area contributed by atoms with Crippen molar-refractivity contribution in [3.05, 3.63) is 62.1 Å². The van der Waals surface area contributed by atoms with Crippen molar-refractivity contribution in [1.29, 1.82) is 0 Å². The van der Waals surface area contributed by atoms with Gasteiger partial charge in [-0.1, -0.05) is 52.5 Å². The van der Waals surface area contributed by atoms with Gasteiger partial charge in [-0.2, -0.15) is 0 Å². The molecule has 0 aromatic heterocycles. The Kier molecular flexibility index (Phi) is 11.0. The maximum Gasteiger partial charge on any atom is 0.242 e. The van der Waals surface area contributed by atoms with Gasteiger partial charge < -0.3 is 10.2 Å². The quantitative estimate of drug-likeness (QED) is 0.348. The molecule has 7 nitrogen and oxygen atoms in total. The number of carbonyl (C=O) groups is 2. The van der Waals surface area contributed by atoms with Crippen LogP contribution in [0.1, 0.15) is 46.1 Å². The highest BCUT2D eigenvalue weighted by atomic mass is 35.5. The normalized spacial score (nSPS) is 12.7. The number of hydrogen-bond acceptors (Lipinski definition) is 4. The molecule has 2 aromatic carbocycles. The topological polar surface area (TPSA) is 86.8 Å². The third-order valence-electron chi connectivity index (χ3n) is 5.35. The van der Waals surface area contributed by atoms with Crippen molar-refractivity contribution in [3.63, 3.8) is 0 Å². The van der Waals surface area contributed by atoms with Crippen LogP contribution < -0.4 is 9.62 Å². The first-order valence-electron chi connectivity index (χ1n) is 11.5. The second-order valence-electron chi connectivity index (χ2n) is 9.71. The van der Waals surface area contributed by atoms with Crippen LogP contribution in [0.15, 0.2) is 36.4 Å². The second-order valence-corrected chi connectivity index (χ2v) is 13.3. The Hall–Kier alpha value is -1.71. The van der Waals surface area contributed by atoms with E-state index in [0.29, 0.717) is 20.6 Å². The zero-order chi connectivity index (χ0) is 28.1. The molecule has 37 heavy (non-hydrogen) atoms. The Labute approximate surface area is 239 Å². The van der Waals surface area contributed by atoms with Crippen molar-refractivity contribution >= 4 is 73.9 Å². The van der Waals surface area contributed by atoms with Crippen LogP contribution >= 0.6 is 46.4 Å². The minimum atomic E-state index is -3.71. The average molecular weight is 611 g/mol. The molecule has 204 valence electrons. The summed E-state index contributed by atoms with van der Waals surface area (Å²) in [6, 6.07) is 8.64. The number of carbonyl (C=O) groups excluding carboxylic acids is 2. The van der Waals surface area contributed by atoms with E-state index in [9.17, 15) is 18.0 Å². The van der Waals surface area contributed by atoms with Gasteiger partial charge in [-0.25, -0.2) is 8.42 Å². The number of sulfonamides is 1. The van der Waals surface area contributed by atoms with E-state index in [0.717, 1.165) is 10.6 Å². The van der Waals surface area contributed by atoms with Gasteiger partial charge >= 0.3 is 0 Å². The Bertz CT molecular complexity index is 1250. The molecular weight excluding hydrogens is 580 g/mol. The zero-order valence-corrected chi connectivity index (χ0v) is 25.2. The van der Waals surface area contributed by atoms with E-state index in [-0.39, 0.29) is 48.5 Å². The highest BCUT2D eigenvalue weighted by molar-refractivity contribution is 7.92. The van der Waals surface area contributed by atoms with Gasteiger partial charge in [0, 0.05) is 40.1 Å². The first kappa shape index (κ1) is 31.5. The fraction of sp³-hybridized carbons (Fsp3) is 0.440. The first-order valence-corrected chi connectivity index (χ1v) is 14.8. The maximum atomic E-state index is 13.4. The molecular formula is C25H31Cl4N3O4S. The van der Waals surface area contributed by atoms with Crippen LogP contribution in [0.5, 0.6) is 0 Å². The van der Waals surface area contributed by atoms with E-state index in [4.69, 9.17) is 46.4 Å². The van der Waals surface area contributed by atoms with Gasteiger partial charge in [0.25, 0.3) is 0 Å². The van der Waals surface area contributed by atoms with Gasteiger partial charge in [0.15, 0.2) is 0 Å². The number of amides is 2. The molecule has 0 saturated heterocycles. The standard InChI is InChI=1S/C25H31Cl4N3O4S/c1-16(24(34)30-25(2,3)4)31(15-17-8-9-18(26)13-21(17)29)23(33)7-6-12-32(37(5,35)36)22-14-19(27)10-11-20(22)28/h8-11,13-14,16H,6-7,12,15H2,1-5H3,(H,30,34)/t16-/m1/s1. The molecule has 0 saturated carbocycles. The lowest BCUT2D eigenvalue weighted by atomic mass is 10.1. The van der Waals surface area contributed by atoms with Gasteiger partial charge in [0.05, 0.1) is 17.0 Å². The molecule has 2 aromatic rings. The molecule has 0 aliphatic heterocycles. The lowest BCUT2D eigenvalue weighted by Crippen LogP contribution is -2.52. The fourth-order valence-corrected chi connectivity index (χ4v) is 5.42. The molecule has 0 unspecified atom stereocenters. The number of benzene rings is 2. The molecule has 2 amide bonds. The predicted octanol–water partition coefficient (Wildman–Crippen LogP) is 6.18. The van der Waals surface area contributed by atoms with Crippen LogP contribution in [0.25, 0.3) is 0 Å². The van der Waals surface area contributed by atoms with Crippen molar-refractivity contribution in [2.75, 3.05) is 17.1 Å². The third kappa shape index (κ3) is 9.52. The lowest BCUT2D eigenvalue weighted by molar-refractivity contribution is -0.141. The highest BCUT2D eigenvalue weighted by Gasteiger charge is 2.29. The van der Waals surface area contributed by atoms with E-state index in [1.807, 2.05) is 20.8 Å². The number of anilines is 1. The highest BCUT2D eigenvalue weighted by Crippen LogP contribution is 2.31. The summed E-state index contributed by atoms with van der Waals surface area (Å²) in [5.41, 5.74) is 0.356. The van der Waals surface area contributed by atoms with Crippen molar-refractivity contribution in [1.82, 2.24) is 10.2 Å². The van der Waals surface area contributed by atoms with Gasteiger partial charge in [-0.05, 0) is 70.0 Å². The van der Waals surface area contributed by atoms with Gasteiger partial charge in [0.2, 0.25) is 21.8 Å². The van der Waals surface area contributed by atoms with Crippen LogP contribution in [0.2, 0.25) is 20.1 Å². The molecule has 2 rings (SSSR count). The monoisotopic (exact) mass is 609 g/mol. The Morgan fingerprint density at radius 1 is 0.973 bits per heavy atom. The number of nitrogens with zero attached hydrogens (tertiary/aromatic N) is 2. The smallest absolute Gasteiger partial charge is 0.242 e. The third-order valence-corrected chi connectivity index (χ3v) is 7.67. The van der Waals surface area contributed by atoms with Crippen molar-refractivity contribution in [2.24, 2.45) is 0 Å². The van der Waals surface area contributed by atoms with E-state index in [1.165, 1.54) is 17.0 Å². The van der Waals surface area contributed by atoms with Crippen molar-refractivity contribution in [2.45, 2.75) is 58.7 Å². The van der Waals surface area contributed by atoms with Crippen molar-refractivity contribution < 1.29 is 18.0 Å². The second kappa shape index (κ2) is 12.9. The minimum absolute atomic E-state index is 0.0112. The number of rotatable bonds is 10. The van der Waals surface area contributed by atoms with Crippen LogP contribution in [0.3, 0.4) is 0 Å². The van der Waals surface area contributed by atoms with Gasteiger partial charge in [-0.15, -0.1) is 0 Å². The number of hydrogen-bond donors (Lipinski definition) is 1. The van der Waals surface area contributed by atoms with E-state index >= 15 is 0 Å². The van der Waals surface area contributed by atoms with Crippen LogP contribution in [-0.2, 0) is 26.2 Å². The van der Waals surface area contributed by atoms with E-state index in [1.54, 1.807) is 31.2 Å². The molecule has 0 aliphatic rings. The van der Waals surface area contributed by atoms with E-state index in [2.05, 4.69) is 5.32 Å². The van der Waals surface area contributed by atoms with Gasteiger partial charge in [-0.3, -0.25) is 13.9 Å². The Morgan fingerprint density at radius 2 is 1.57 bits per heavy atom. The molecule has 1 atom stereocenters. The van der Waals surface area contributed by atoms with Crippen LogP contribution in [-0.4, -0.2) is 49.5 Å². The van der Waals surface area contributed by atoms with E-state index < -0.39 is 21.6 Å². The molecule has 0 aliphatic carbocycles. The van der Waals surface area contributed by atoms with Crippen LogP contribution in [0.4, 0.5) is 5.69 Å². The van der Waals surface area contributed by atoms with Crippen molar-refractivity contribution in [3.8, 4) is 0 Å². The first-order chi connectivity index (χ1) is 17.0. The molecule has 0 heterocycles. The molecule has 12 heteroatoms.